The monoisotopic (exact) mass is 348 g/mol. The largest absolute Gasteiger partial charge is 0.468 e. The maximum Gasteiger partial charge on any atom is 0.118 e. The van der Waals surface area contributed by atoms with Gasteiger partial charge < -0.3 is 13.9 Å². The summed E-state index contributed by atoms with van der Waals surface area (Å²) >= 11 is 1.65. The molecule has 0 unspecified atom stereocenters. The van der Waals surface area contributed by atoms with Crippen molar-refractivity contribution in [3.05, 3.63) is 40.7 Å². The first-order valence-corrected chi connectivity index (χ1v) is 9.57. The number of morpholine rings is 1. The average molecular weight is 348 g/mol. The van der Waals surface area contributed by atoms with E-state index in [9.17, 15) is 0 Å². The molecule has 1 spiro atoms. The molecule has 2 fully saturated rings. The van der Waals surface area contributed by atoms with E-state index in [-0.39, 0.29) is 5.60 Å². The predicted molar refractivity (Wildman–Crippen MR) is 91.8 cm³/mol. The fourth-order valence-electron chi connectivity index (χ4n) is 4.00. The van der Waals surface area contributed by atoms with E-state index in [0.717, 1.165) is 50.0 Å². The van der Waals surface area contributed by atoms with Crippen molar-refractivity contribution in [1.82, 2.24) is 9.88 Å². The number of hydrogen-bond acceptors (Lipinski definition) is 6. The molecule has 3 heterocycles. The van der Waals surface area contributed by atoms with Crippen LogP contribution in [0.3, 0.4) is 0 Å². The van der Waals surface area contributed by atoms with Gasteiger partial charge in [-0.05, 0) is 25.0 Å². The molecule has 2 atom stereocenters. The number of nitrogens with zero attached hydrogens (tertiary/aromatic N) is 2. The highest BCUT2D eigenvalue weighted by Crippen LogP contribution is 2.41. The van der Waals surface area contributed by atoms with Crippen LogP contribution in [-0.4, -0.2) is 41.8 Å². The van der Waals surface area contributed by atoms with Gasteiger partial charge in [0.1, 0.15) is 10.8 Å². The minimum atomic E-state index is -0.0479. The molecule has 1 aliphatic carbocycles. The molecule has 0 aromatic carbocycles. The van der Waals surface area contributed by atoms with Crippen LogP contribution in [0.25, 0.3) is 0 Å². The van der Waals surface area contributed by atoms with Crippen molar-refractivity contribution in [3.8, 4) is 0 Å². The maximum atomic E-state index is 6.31. The predicted octanol–water partition coefficient (Wildman–Crippen LogP) is 3.32. The SMILES string of the molecule is c1coc(CN2CCO[C@@]3(CCC[C@@H]3COCc3nccs3)C2)c1. The van der Waals surface area contributed by atoms with Crippen LogP contribution in [0.15, 0.2) is 34.4 Å². The van der Waals surface area contributed by atoms with E-state index in [4.69, 9.17) is 13.9 Å². The Labute approximate surface area is 146 Å². The third-order valence-electron chi connectivity index (χ3n) is 5.17. The Kier molecular flexibility index (Phi) is 4.98. The van der Waals surface area contributed by atoms with Crippen molar-refractivity contribution in [2.75, 3.05) is 26.3 Å². The average Bonchev–Trinajstić information content (AvgIpc) is 3.32. The number of thiazole rings is 1. The third-order valence-corrected chi connectivity index (χ3v) is 5.93. The van der Waals surface area contributed by atoms with Crippen LogP contribution in [0, 0.1) is 5.92 Å². The van der Waals surface area contributed by atoms with Crippen LogP contribution in [0.1, 0.15) is 30.0 Å². The standard InChI is InChI=1S/C18H24N2O3S/c1-3-15(12-21-13-17-19-6-10-24-17)18(5-1)14-20(7-9-23-18)11-16-4-2-8-22-16/h2,4,6,8,10,15H,1,3,5,7,9,11-14H2/t15-,18+/m1/s1. The zero-order valence-electron chi connectivity index (χ0n) is 13.9. The summed E-state index contributed by atoms with van der Waals surface area (Å²) in [6, 6.07) is 4.00. The van der Waals surface area contributed by atoms with Gasteiger partial charge in [-0.25, -0.2) is 4.98 Å². The smallest absolute Gasteiger partial charge is 0.118 e. The van der Waals surface area contributed by atoms with Gasteiger partial charge in [-0.1, -0.05) is 6.42 Å². The summed E-state index contributed by atoms with van der Waals surface area (Å²) in [5.74, 6) is 1.50. The summed E-state index contributed by atoms with van der Waals surface area (Å²) in [5.41, 5.74) is -0.0479. The second-order valence-corrected chi connectivity index (χ2v) is 7.71. The van der Waals surface area contributed by atoms with Gasteiger partial charge in [0.25, 0.3) is 0 Å². The zero-order valence-corrected chi connectivity index (χ0v) is 14.7. The number of rotatable bonds is 6. The highest BCUT2D eigenvalue weighted by atomic mass is 32.1. The van der Waals surface area contributed by atoms with E-state index in [1.807, 2.05) is 23.7 Å². The van der Waals surface area contributed by atoms with E-state index >= 15 is 0 Å². The summed E-state index contributed by atoms with van der Waals surface area (Å²) in [5, 5.41) is 3.04. The molecule has 5 nitrogen and oxygen atoms in total. The van der Waals surface area contributed by atoms with E-state index in [1.165, 1.54) is 12.8 Å². The van der Waals surface area contributed by atoms with Crippen molar-refractivity contribution in [1.29, 1.82) is 0 Å². The lowest BCUT2D eigenvalue weighted by Crippen LogP contribution is -2.54. The van der Waals surface area contributed by atoms with Crippen molar-refractivity contribution in [2.45, 2.75) is 38.0 Å². The van der Waals surface area contributed by atoms with Crippen molar-refractivity contribution >= 4 is 11.3 Å². The second-order valence-electron chi connectivity index (χ2n) is 6.73. The molecule has 2 aliphatic rings. The van der Waals surface area contributed by atoms with Crippen molar-refractivity contribution in [3.63, 3.8) is 0 Å². The van der Waals surface area contributed by atoms with Gasteiger partial charge in [0.05, 0.1) is 38.2 Å². The second kappa shape index (κ2) is 7.35. The summed E-state index contributed by atoms with van der Waals surface area (Å²) in [6.45, 7) is 4.97. The van der Waals surface area contributed by atoms with E-state index in [1.54, 1.807) is 17.6 Å². The lowest BCUT2D eigenvalue weighted by Gasteiger charge is -2.43. The molecule has 1 saturated carbocycles. The Morgan fingerprint density at radius 2 is 2.46 bits per heavy atom. The molecular formula is C18H24N2O3S. The molecule has 6 heteroatoms. The molecule has 1 aliphatic heterocycles. The van der Waals surface area contributed by atoms with Crippen LogP contribution >= 0.6 is 11.3 Å². The molecular weight excluding hydrogens is 324 g/mol. The Bertz CT molecular complexity index is 616. The van der Waals surface area contributed by atoms with Gasteiger partial charge >= 0.3 is 0 Å². The Morgan fingerprint density at radius 3 is 3.29 bits per heavy atom. The van der Waals surface area contributed by atoms with E-state index < -0.39 is 0 Å². The molecule has 2 aromatic rings. The molecule has 0 bridgehead atoms. The lowest BCUT2D eigenvalue weighted by molar-refractivity contribution is -0.144. The highest BCUT2D eigenvalue weighted by Gasteiger charge is 2.47. The molecule has 2 aromatic heterocycles. The quantitative estimate of drug-likeness (QED) is 0.801. The van der Waals surface area contributed by atoms with E-state index in [2.05, 4.69) is 9.88 Å². The first-order valence-electron chi connectivity index (χ1n) is 8.69. The first-order chi connectivity index (χ1) is 11.8. The lowest BCUT2D eigenvalue weighted by atomic mass is 9.89. The van der Waals surface area contributed by atoms with Gasteiger partial charge in [-0.15, -0.1) is 11.3 Å². The van der Waals surface area contributed by atoms with Crippen molar-refractivity contribution in [2.24, 2.45) is 5.92 Å². The molecule has 1 saturated heterocycles. The van der Waals surface area contributed by atoms with Gasteiger partial charge in [0.15, 0.2) is 0 Å². The topological polar surface area (TPSA) is 47.7 Å². The number of ether oxygens (including phenoxy) is 2. The van der Waals surface area contributed by atoms with Crippen LogP contribution in [0.5, 0.6) is 0 Å². The fraction of sp³-hybridized carbons (Fsp3) is 0.611. The summed E-state index contributed by atoms with van der Waals surface area (Å²) < 4.78 is 17.8. The Morgan fingerprint density at radius 1 is 1.46 bits per heavy atom. The van der Waals surface area contributed by atoms with Crippen molar-refractivity contribution < 1.29 is 13.9 Å². The van der Waals surface area contributed by atoms with Crippen LogP contribution < -0.4 is 0 Å². The molecule has 4 rings (SSSR count). The van der Waals surface area contributed by atoms with Crippen LogP contribution in [-0.2, 0) is 22.6 Å². The first kappa shape index (κ1) is 16.3. The van der Waals surface area contributed by atoms with Gasteiger partial charge in [0, 0.05) is 30.6 Å². The van der Waals surface area contributed by atoms with Gasteiger partial charge in [0.2, 0.25) is 0 Å². The molecule has 0 amide bonds. The normalized spacial score (nSPS) is 27.9. The zero-order chi connectivity index (χ0) is 16.2. The number of hydrogen-bond donors (Lipinski definition) is 0. The van der Waals surface area contributed by atoms with Crippen LogP contribution in [0.2, 0.25) is 0 Å². The third kappa shape index (κ3) is 3.57. The summed E-state index contributed by atoms with van der Waals surface area (Å²) in [7, 11) is 0. The highest BCUT2D eigenvalue weighted by molar-refractivity contribution is 7.09. The van der Waals surface area contributed by atoms with Crippen LogP contribution in [0.4, 0.5) is 0 Å². The minimum Gasteiger partial charge on any atom is -0.468 e. The Hall–Kier alpha value is -1.21. The van der Waals surface area contributed by atoms with Gasteiger partial charge in [-0.3, -0.25) is 4.90 Å². The maximum absolute atomic E-state index is 6.31. The number of aromatic nitrogens is 1. The Balaban J connectivity index is 1.35. The molecule has 130 valence electrons. The molecule has 0 radical (unpaired) electrons. The van der Waals surface area contributed by atoms with E-state index in [0.29, 0.717) is 12.5 Å². The summed E-state index contributed by atoms with van der Waals surface area (Å²) in [6.07, 6.45) is 7.12. The molecule has 0 N–H and O–H groups in total. The van der Waals surface area contributed by atoms with Gasteiger partial charge in [-0.2, -0.15) is 0 Å². The minimum absolute atomic E-state index is 0.0479. The molecule has 24 heavy (non-hydrogen) atoms. The number of furan rings is 1. The summed E-state index contributed by atoms with van der Waals surface area (Å²) in [4.78, 5) is 6.74. The fourth-order valence-corrected chi connectivity index (χ4v) is 4.55.